The summed E-state index contributed by atoms with van der Waals surface area (Å²) in [6.07, 6.45) is 2.64. The van der Waals surface area contributed by atoms with Crippen molar-refractivity contribution in [3.8, 4) is 11.5 Å². The zero-order valence-electron chi connectivity index (χ0n) is 20.0. The molecule has 4 nitrogen and oxygen atoms in total. The molecule has 0 unspecified atom stereocenters. The normalized spacial score (nSPS) is 24.5. The largest absolute Gasteiger partial charge is 0.497 e. The lowest BCUT2D eigenvalue weighted by molar-refractivity contribution is 0.0524. The standard InChI is InChI=1S/C30H33NO3/c1-33-21-11-12-24(28(17-21)34-2)29(32)20-13-15-31(16-14-20)19-30-18-25(22-7-3-5-9-26(22)30)23-8-4-6-10-27(23)30/h3-12,17,20,25,29,32H,13-16,18-19H2,1-2H3/t25?,29-,30?/m1/s1. The number of methoxy groups -OCH3 is 2. The van der Waals surface area contributed by atoms with Crippen LogP contribution in [0.1, 0.15) is 59.1 Å². The first kappa shape index (κ1) is 21.7. The summed E-state index contributed by atoms with van der Waals surface area (Å²) >= 11 is 0. The Hall–Kier alpha value is -2.82. The highest BCUT2D eigenvalue weighted by Gasteiger charge is 2.53. The Kier molecular flexibility index (Phi) is 5.39. The van der Waals surface area contributed by atoms with Crippen molar-refractivity contribution in [3.63, 3.8) is 0 Å². The highest BCUT2D eigenvalue weighted by atomic mass is 16.5. The van der Waals surface area contributed by atoms with Gasteiger partial charge in [0.05, 0.1) is 20.3 Å². The number of benzene rings is 3. The molecule has 2 aliphatic carbocycles. The summed E-state index contributed by atoms with van der Waals surface area (Å²) in [5.74, 6) is 2.21. The molecular formula is C30H33NO3. The van der Waals surface area contributed by atoms with Crippen LogP contribution in [-0.4, -0.2) is 43.9 Å². The number of ether oxygens (including phenoxy) is 2. The number of likely N-dealkylation sites (tertiary alicyclic amines) is 1. The Morgan fingerprint density at radius 3 is 2.18 bits per heavy atom. The van der Waals surface area contributed by atoms with Crippen LogP contribution in [0, 0.1) is 5.92 Å². The molecule has 1 atom stereocenters. The fourth-order valence-electron chi connectivity index (χ4n) is 6.93. The maximum absolute atomic E-state index is 11.2. The molecule has 1 aliphatic heterocycles. The lowest BCUT2D eigenvalue weighted by Crippen LogP contribution is -2.44. The number of piperidine rings is 1. The van der Waals surface area contributed by atoms with Crippen LogP contribution in [0.3, 0.4) is 0 Å². The molecule has 1 heterocycles. The van der Waals surface area contributed by atoms with E-state index in [0.717, 1.165) is 43.8 Å². The molecule has 3 aromatic rings. The van der Waals surface area contributed by atoms with E-state index in [4.69, 9.17) is 9.47 Å². The summed E-state index contributed by atoms with van der Waals surface area (Å²) in [5.41, 5.74) is 7.07. The SMILES string of the molecule is COc1ccc([C@H](O)C2CCN(CC34CC(c5ccccc53)c3ccccc34)CC2)c(OC)c1. The van der Waals surface area contributed by atoms with Crippen molar-refractivity contribution in [2.45, 2.75) is 36.7 Å². The smallest absolute Gasteiger partial charge is 0.128 e. The summed E-state index contributed by atoms with van der Waals surface area (Å²) in [6.45, 7) is 3.08. The first-order valence-electron chi connectivity index (χ1n) is 12.5. The topological polar surface area (TPSA) is 41.9 Å². The molecule has 1 saturated heterocycles. The third-order valence-electron chi connectivity index (χ3n) is 8.59. The molecule has 4 heteroatoms. The Labute approximate surface area is 202 Å². The van der Waals surface area contributed by atoms with Gasteiger partial charge in [0.15, 0.2) is 0 Å². The number of rotatable bonds is 6. The van der Waals surface area contributed by atoms with E-state index in [2.05, 4.69) is 53.4 Å². The molecule has 176 valence electrons. The van der Waals surface area contributed by atoms with Crippen molar-refractivity contribution in [2.24, 2.45) is 5.92 Å². The Morgan fingerprint density at radius 2 is 1.56 bits per heavy atom. The van der Waals surface area contributed by atoms with Gasteiger partial charge in [-0.2, -0.15) is 0 Å². The van der Waals surface area contributed by atoms with Gasteiger partial charge in [-0.1, -0.05) is 48.5 Å². The van der Waals surface area contributed by atoms with Crippen molar-refractivity contribution in [1.29, 1.82) is 0 Å². The molecule has 3 aliphatic rings. The quantitative estimate of drug-likeness (QED) is 0.549. The Morgan fingerprint density at radius 1 is 0.912 bits per heavy atom. The summed E-state index contributed by atoms with van der Waals surface area (Å²) in [6, 6.07) is 23.9. The van der Waals surface area contributed by atoms with Gasteiger partial charge in [-0.15, -0.1) is 0 Å². The van der Waals surface area contributed by atoms with Crippen LogP contribution < -0.4 is 9.47 Å². The van der Waals surface area contributed by atoms with Crippen LogP contribution in [0.5, 0.6) is 11.5 Å². The molecule has 34 heavy (non-hydrogen) atoms. The van der Waals surface area contributed by atoms with Crippen molar-refractivity contribution in [2.75, 3.05) is 33.9 Å². The zero-order chi connectivity index (χ0) is 23.3. The van der Waals surface area contributed by atoms with Crippen molar-refractivity contribution in [3.05, 3.63) is 94.5 Å². The second kappa shape index (κ2) is 8.44. The lowest BCUT2D eigenvalue weighted by Gasteiger charge is -2.40. The number of nitrogens with zero attached hydrogens (tertiary/aromatic N) is 1. The predicted octanol–water partition coefficient (Wildman–Crippen LogP) is 5.28. The molecular weight excluding hydrogens is 422 g/mol. The maximum atomic E-state index is 11.2. The number of hydrogen-bond donors (Lipinski definition) is 1. The second-order valence-corrected chi connectivity index (χ2v) is 10.2. The first-order chi connectivity index (χ1) is 16.6. The van der Waals surface area contributed by atoms with Gasteiger partial charge < -0.3 is 19.5 Å². The first-order valence-corrected chi connectivity index (χ1v) is 12.5. The van der Waals surface area contributed by atoms with Crippen molar-refractivity contribution < 1.29 is 14.6 Å². The van der Waals surface area contributed by atoms with Crippen LogP contribution in [0.15, 0.2) is 66.7 Å². The predicted molar refractivity (Wildman–Crippen MR) is 134 cm³/mol. The van der Waals surface area contributed by atoms with E-state index in [0.29, 0.717) is 11.7 Å². The van der Waals surface area contributed by atoms with Gasteiger partial charge in [-0.3, -0.25) is 0 Å². The number of aliphatic hydroxyl groups is 1. The van der Waals surface area contributed by atoms with Gasteiger partial charge in [0, 0.05) is 29.5 Å². The average molecular weight is 456 g/mol. The van der Waals surface area contributed by atoms with E-state index in [1.165, 1.54) is 28.7 Å². The van der Waals surface area contributed by atoms with E-state index in [1.807, 2.05) is 18.2 Å². The fourth-order valence-corrected chi connectivity index (χ4v) is 6.93. The molecule has 2 bridgehead atoms. The Bertz CT molecular complexity index is 1150. The maximum Gasteiger partial charge on any atom is 0.128 e. The summed E-state index contributed by atoms with van der Waals surface area (Å²) < 4.78 is 10.9. The van der Waals surface area contributed by atoms with E-state index in [9.17, 15) is 5.11 Å². The van der Waals surface area contributed by atoms with Crippen LogP contribution in [0.2, 0.25) is 0 Å². The van der Waals surface area contributed by atoms with E-state index >= 15 is 0 Å². The summed E-state index contributed by atoms with van der Waals surface area (Å²) in [4.78, 5) is 2.63. The van der Waals surface area contributed by atoms with Crippen molar-refractivity contribution in [1.82, 2.24) is 4.90 Å². The van der Waals surface area contributed by atoms with E-state index in [-0.39, 0.29) is 11.3 Å². The molecule has 0 amide bonds. The summed E-state index contributed by atoms with van der Waals surface area (Å²) in [7, 11) is 3.30. The van der Waals surface area contributed by atoms with Gasteiger partial charge >= 0.3 is 0 Å². The third kappa shape index (κ3) is 3.27. The number of fused-ring (bicyclic) bond motifs is 8. The van der Waals surface area contributed by atoms with Gasteiger partial charge in [0.25, 0.3) is 0 Å². The molecule has 0 aromatic heterocycles. The highest BCUT2D eigenvalue weighted by molar-refractivity contribution is 5.63. The van der Waals surface area contributed by atoms with Crippen LogP contribution in [0.25, 0.3) is 0 Å². The van der Waals surface area contributed by atoms with Gasteiger partial charge in [0.2, 0.25) is 0 Å². The monoisotopic (exact) mass is 455 g/mol. The fraction of sp³-hybridized carbons (Fsp3) is 0.400. The van der Waals surface area contributed by atoms with E-state index < -0.39 is 6.10 Å². The van der Waals surface area contributed by atoms with Crippen LogP contribution >= 0.6 is 0 Å². The number of aliphatic hydroxyl groups excluding tert-OH is 1. The molecule has 1 N–H and O–H groups in total. The molecule has 3 aromatic carbocycles. The molecule has 0 spiro atoms. The highest BCUT2D eigenvalue weighted by Crippen LogP contribution is 2.60. The number of hydrogen-bond acceptors (Lipinski definition) is 4. The molecule has 1 fully saturated rings. The van der Waals surface area contributed by atoms with Crippen LogP contribution in [-0.2, 0) is 5.41 Å². The third-order valence-corrected chi connectivity index (χ3v) is 8.59. The van der Waals surface area contributed by atoms with Crippen molar-refractivity contribution >= 4 is 0 Å². The van der Waals surface area contributed by atoms with Crippen LogP contribution in [0.4, 0.5) is 0 Å². The Balaban J connectivity index is 1.20. The minimum absolute atomic E-state index is 0.0997. The van der Waals surface area contributed by atoms with E-state index in [1.54, 1.807) is 14.2 Å². The average Bonchev–Trinajstić information content (AvgIpc) is 3.40. The molecule has 0 radical (unpaired) electrons. The van der Waals surface area contributed by atoms with Gasteiger partial charge in [0.1, 0.15) is 11.5 Å². The molecule has 0 saturated carbocycles. The second-order valence-electron chi connectivity index (χ2n) is 10.2. The lowest BCUT2D eigenvalue weighted by atomic mass is 9.74. The minimum Gasteiger partial charge on any atom is -0.497 e. The van der Waals surface area contributed by atoms with Gasteiger partial charge in [-0.05, 0) is 72.7 Å². The zero-order valence-corrected chi connectivity index (χ0v) is 20.0. The summed E-state index contributed by atoms with van der Waals surface area (Å²) in [5, 5.41) is 11.2. The minimum atomic E-state index is -0.523. The van der Waals surface area contributed by atoms with Gasteiger partial charge in [-0.25, -0.2) is 0 Å². The molecule has 6 rings (SSSR count).